The summed E-state index contributed by atoms with van der Waals surface area (Å²) in [6, 6.07) is 60.1. The molecule has 0 amide bonds. The highest BCUT2D eigenvalue weighted by molar-refractivity contribution is 6.17. The topological polar surface area (TPSA) is 43.6 Å². The number of rotatable bonds is 6. The number of aliphatic imine (C=N–C) groups is 1. The first-order valence-corrected chi connectivity index (χ1v) is 23.9. The summed E-state index contributed by atoms with van der Waals surface area (Å²) in [6.45, 7) is 4.77. The molecular weight excluding hydrogens is 805 g/mol. The first-order chi connectivity index (χ1) is 32.6. The van der Waals surface area contributed by atoms with Crippen molar-refractivity contribution in [3.63, 3.8) is 0 Å². The molecule has 66 heavy (non-hydrogen) atoms. The maximum atomic E-state index is 6.89. The van der Waals surface area contributed by atoms with Crippen LogP contribution in [0, 0.1) is 11.8 Å². The van der Waals surface area contributed by atoms with Crippen LogP contribution in [0.1, 0.15) is 79.7 Å². The maximum absolute atomic E-state index is 6.89. The number of para-hydroxylation sites is 4. The molecule has 3 aromatic heterocycles. The van der Waals surface area contributed by atoms with Gasteiger partial charge in [-0.15, -0.1) is 0 Å². The second-order valence-corrected chi connectivity index (χ2v) is 18.8. The smallest absolute Gasteiger partial charge is 0.138 e. The number of benzene rings is 8. The average molecular weight is 855 g/mol. The molecule has 4 heteroatoms. The van der Waals surface area contributed by atoms with Crippen LogP contribution in [0.25, 0.3) is 82.1 Å². The quantitative estimate of drug-likeness (QED) is 0.167. The Hall–Kier alpha value is -7.43. The molecule has 1 aliphatic carbocycles. The van der Waals surface area contributed by atoms with Crippen LogP contribution in [-0.2, 0) is 0 Å². The Balaban J connectivity index is 1.04. The molecule has 1 aliphatic heterocycles. The molecule has 13 rings (SSSR count). The first kappa shape index (κ1) is 39.0. The second-order valence-electron chi connectivity index (χ2n) is 18.8. The molecule has 4 nitrogen and oxygen atoms in total. The highest BCUT2D eigenvalue weighted by Gasteiger charge is 2.35. The van der Waals surface area contributed by atoms with Crippen molar-refractivity contribution >= 4 is 82.2 Å². The number of allylic oxidation sites excluding steroid dienone is 4. The van der Waals surface area contributed by atoms with E-state index >= 15 is 0 Å². The lowest BCUT2D eigenvalue weighted by Crippen LogP contribution is -2.28. The second kappa shape index (κ2) is 15.6. The molecule has 8 aromatic carbocycles. The average Bonchev–Trinajstić information content (AvgIpc) is 4.04. The lowest BCUT2D eigenvalue weighted by Gasteiger charge is -2.35. The van der Waals surface area contributed by atoms with Gasteiger partial charge >= 0.3 is 0 Å². The van der Waals surface area contributed by atoms with E-state index < -0.39 is 0 Å². The molecule has 0 spiro atoms. The third kappa shape index (κ3) is 6.22. The van der Waals surface area contributed by atoms with Crippen LogP contribution < -0.4 is 0 Å². The van der Waals surface area contributed by atoms with Gasteiger partial charge in [-0.2, -0.15) is 0 Å². The fraction of sp³-hybridized carbons (Fsp3) is 0.177. The SMILES string of the molecule is CCC1C(c2ccc(C3C=CC=CC3)cc2)=NC(c2cc(-n3c4ccccc4c4cc5ccccc5cc43)c3c(c2)oc2ccccc23)C(C)CCC1c1cccc2c1oc1ccccc12. The molecular formula is C62H50N2O2. The van der Waals surface area contributed by atoms with Crippen molar-refractivity contribution in [2.75, 3.05) is 0 Å². The van der Waals surface area contributed by atoms with Crippen molar-refractivity contribution in [1.82, 2.24) is 4.57 Å². The van der Waals surface area contributed by atoms with Crippen molar-refractivity contribution in [2.24, 2.45) is 16.8 Å². The van der Waals surface area contributed by atoms with Crippen LogP contribution in [0.3, 0.4) is 0 Å². The lowest BCUT2D eigenvalue weighted by molar-refractivity contribution is 0.362. The van der Waals surface area contributed by atoms with Gasteiger partial charge in [0.25, 0.3) is 0 Å². The van der Waals surface area contributed by atoms with Crippen molar-refractivity contribution in [1.29, 1.82) is 0 Å². The molecule has 4 heterocycles. The van der Waals surface area contributed by atoms with E-state index in [1.165, 1.54) is 71.3 Å². The summed E-state index contributed by atoms with van der Waals surface area (Å²) in [5.74, 6) is 0.977. The van der Waals surface area contributed by atoms with Gasteiger partial charge in [-0.3, -0.25) is 4.99 Å². The third-order valence-electron chi connectivity index (χ3n) is 15.1. The summed E-state index contributed by atoms with van der Waals surface area (Å²) >= 11 is 0. The van der Waals surface area contributed by atoms with Crippen LogP contribution in [0.5, 0.6) is 0 Å². The normalized spacial score (nSPS) is 20.3. The molecule has 0 radical (unpaired) electrons. The number of nitrogens with zero attached hydrogens (tertiary/aromatic N) is 2. The van der Waals surface area contributed by atoms with Gasteiger partial charge in [0, 0.05) is 44.5 Å². The van der Waals surface area contributed by atoms with Gasteiger partial charge < -0.3 is 13.4 Å². The zero-order chi connectivity index (χ0) is 43.9. The van der Waals surface area contributed by atoms with Gasteiger partial charge in [-0.1, -0.05) is 159 Å². The van der Waals surface area contributed by atoms with E-state index in [1.807, 2.05) is 0 Å². The van der Waals surface area contributed by atoms with Crippen molar-refractivity contribution in [3.8, 4) is 5.69 Å². The number of fused-ring (bicyclic) bond motifs is 10. The maximum Gasteiger partial charge on any atom is 0.138 e. The molecule has 0 saturated carbocycles. The van der Waals surface area contributed by atoms with Crippen LogP contribution in [-0.4, -0.2) is 10.3 Å². The summed E-state index contributed by atoms with van der Waals surface area (Å²) in [4.78, 5) is 6.11. The Labute approximate surface area is 384 Å². The zero-order valence-electron chi connectivity index (χ0n) is 37.3. The van der Waals surface area contributed by atoms with Gasteiger partial charge in [-0.25, -0.2) is 0 Å². The van der Waals surface area contributed by atoms with Crippen LogP contribution in [0.15, 0.2) is 202 Å². The van der Waals surface area contributed by atoms with Gasteiger partial charge in [0.15, 0.2) is 0 Å². The molecule has 11 aromatic rings. The molecule has 0 saturated heterocycles. The van der Waals surface area contributed by atoms with Crippen LogP contribution in [0.2, 0.25) is 0 Å². The molecule has 0 bridgehead atoms. The summed E-state index contributed by atoms with van der Waals surface area (Å²) < 4.78 is 16.2. The number of hydrogen-bond acceptors (Lipinski definition) is 3. The highest BCUT2D eigenvalue weighted by Crippen LogP contribution is 2.48. The molecule has 5 unspecified atom stereocenters. The number of hydrogen-bond donors (Lipinski definition) is 0. The molecule has 0 N–H and O–H groups in total. The van der Waals surface area contributed by atoms with Gasteiger partial charge in [0.2, 0.25) is 0 Å². The lowest BCUT2D eigenvalue weighted by atomic mass is 9.73. The Bertz CT molecular complexity index is 3780. The Kier molecular flexibility index (Phi) is 9.23. The van der Waals surface area contributed by atoms with E-state index in [0.717, 1.165) is 64.5 Å². The van der Waals surface area contributed by atoms with Crippen molar-refractivity contribution in [3.05, 3.63) is 210 Å². The summed E-state index contributed by atoms with van der Waals surface area (Å²) in [5.41, 5.74) is 13.4. The largest absolute Gasteiger partial charge is 0.456 e. The van der Waals surface area contributed by atoms with E-state index in [0.29, 0.717) is 5.92 Å². The van der Waals surface area contributed by atoms with Gasteiger partial charge in [0.05, 0.1) is 28.1 Å². The minimum absolute atomic E-state index is 0.117. The Morgan fingerprint density at radius 3 is 2.12 bits per heavy atom. The van der Waals surface area contributed by atoms with E-state index in [9.17, 15) is 0 Å². The minimum atomic E-state index is -0.117. The minimum Gasteiger partial charge on any atom is -0.456 e. The Morgan fingerprint density at radius 2 is 1.32 bits per heavy atom. The van der Waals surface area contributed by atoms with Crippen molar-refractivity contribution < 1.29 is 8.83 Å². The molecule has 0 fully saturated rings. The van der Waals surface area contributed by atoms with E-state index in [1.54, 1.807) is 0 Å². The number of aromatic nitrogens is 1. The zero-order valence-corrected chi connectivity index (χ0v) is 37.3. The predicted molar refractivity (Wildman–Crippen MR) is 276 cm³/mol. The summed E-state index contributed by atoms with van der Waals surface area (Å²) in [5, 5.41) is 9.55. The predicted octanol–water partition coefficient (Wildman–Crippen LogP) is 17.1. The monoisotopic (exact) mass is 854 g/mol. The van der Waals surface area contributed by atoms with E-state index in [4.69, 9.17) is 13.8 Å². The fourth-order valence-corrected chi connectivity index (χ4v) is 11.8. The van der Waals surface area contributed by atoms with Gasteiger partial charge in [0.1, 0.15) is 22.3 Å². The van der Waals surface area contributed by atoms with Crippen LogP contribution >= 0.6 is 0 Å². The standard InChI is InChI=1S/C62H50N2O2/c1-3-45-46(49-23-15-24-50-48-21-10-13-26-56(48)66-62(49)50)33-28-38(2)60(63-61(45)41-31-29-40(30-32-41)39-16-5-4-6-17-39)44-36-55(59-51-22-11-14-27-57(51)65-58(59)37-44)64-53-25-12-9-20-47(53)52-34-42-18-7-8-19-43(42)35-54(52)64/h4-16,18-27,29-32,34-39,45-46,60H,3,17,28,33H2,1-2H3. The highest BCUT2D eigenvalue weighted by atomic mass is 16.3. The molecule has 2 aliphatic rings. The molecule has 320 valence electrons. The summed E-state index contributed by atoms with van der Waals surface area (Å²) in [7, 11) is 0. The first-order valence-electron chi connectivity index (χ1n) is 23.9. The van der Waals surface area contributed by atoms with Crippen molar-refractivity contribution in [2.45, 2.75) is 57.4 Å². The fourth-order valence-electron chi connectivity index (χ4n) is 11.8. The summed E-state index contributed by atoms with van der Waals surface area (Å²) in [6.07, 6.45) is 12.9. The van der Waals surface area contributed by atoms with E-state index in [2.05, 4.69) is 207 Å². The third-order valence-corrected chi connectivity index (χ3v) is 15.1. The van der Waals surface area contributed by atoms with Crippen LogP contribution in [0.4, 0.5) is 0 Å². The number of furan rings is 2. The van der Waals surface area contributed by atoms with Gasteiger partial charge in [-0.05, 0) is 113 Å². The Morgan fingerprint density at radius 1 is 0.591 bits per heavy atom. The molecule has 5 atom stereocenters. The van der Waals surface area contributed by atoms with E-state index in [-0.39, 0.29) is 23.8 Å².